The van der Waals surface area contributed by atoms with Crippen LogP contribution in [0.3, 0.4) is 0 Å². The summed E-state index contributed by atoms with van der Waals surface area (Å²) in [5.74, 6) is 1.80. The van der Waals surface area contributed by atoms with Crippen LogP contribution in [0.5, 0.6) is 17.2 Å². The third-order valence-corrected chi connectivity index (χ3v) is 6.93. The number of methoxy groups -OCH3 is 1. The average Bonchev–Trinajstić information content (AvgIpc) is 3.16. The predicted octanol–water partition coefficient (Wildman–Crippen LogP) is 2.10. The summed E-state index contributed by atoms with van der Waals surface area (Å²) < 4.78 is 43.8. The molecule has 1 unspecified atom stereocenters. The monoisotopic (exact) mass is 390 g/mol. The maximum Gasteiger partial charge on any atom is 0.243 e. The highest BCUT2D eigenvalue weighted by Gasteiger charge is 2.34. The van der Waals surface area contributed by atoms with Gasteiger partial charge < -0.3 is 14.2 Å². The molecule has 0 radical (unpaired) electrons. The number of hydrogen-bond acceptors (Lipinski definition) is 6. The van der Waals surface area contributed by atoms with Gasteiger partial charge in [0.25, 0.3) is 0 Å². The van der Waals surface area contributed by atoms with E-state index in [-0.39, 0.29) is 17.7 Å². The van der Waals surface area contributed by atoms with Crippen LogP contribution in [0, 0.1) is 0 Å². The van der Waals surface area contributed by atoms with Crippen molar-refractivity contribution in [2.75, 3.05) is 40.6 Å². The first-order valence-electron chi connectivity index (χ1n) is 8.73. The molecule has 2 aliphatic rings. The predicted molar refractivity (Wildman–Crippen MR) is 99.7 cm³/mol. The van der Waals surface area contributed by atoms with Crippen LogP contribution >= 0.6 is 0 Å². The van der Waals surface area contributed by atoms with Gasteiger partial charge in [-0.2, -0.15) is 4.31 Å². The second-order valence-electron chi connectivity index (χ2n) is 6.65. The van der Waals surface area contributed by atoms with E-state index in [1.54, 1.807) is 19.2 Å². The summed E-state index contributed by atoms with van der Waals surface area (Å²) in [6.07, 6.45) is 0. The lowest BCUT2D eigenvalue weighted by Crippen LogP contribution is -2.48. The second kappa shape index (κ2) is 7.03. The van der Waals surface area contributed by atoms with E-state index in [0.29, 0.717) is 31.1 Å². The summed E-state index contributed by atoms with van der Waals surface area (Å²) in [6, 6.07) is 12.5. The third kappa shape index (κ3) is 3.36. The highest BCUT2D eigenvalue weighted by molar-refractivity contribution is 7.89. The molecule has 1 fully saturated rings. The van der Waals surface area contributed by atoms with Crippen LogP contribution < -0.4 is 14.2 Å². The van der Waals surface area contributed by atoms with Crippen LogP contribution in [0.4, 0.5) is 0 Å². The standard InChI is InChI=1S/C19H22N2O5S/c1-20-8-9-21(12-17(20)14-4-3-5-15(10-14)24-2)27(22,23)16-6-7-18-19(11-16)26-13-25-18/h3-7,10-11,17H,8-9,12-13H2,1-2H3. The highest BCUT2D eigenvalue weighted by atomic mass is 32.2. The van der Waals surface area contributed by atoms with Gasteiger partial charge in [0.1, 0.15) is 5.75 Å². The second-order valence-corrected chi connectivity index (χ2v) is 8.59. The molecule has 2 heterocycles. The maximum absolute atomic E-state index is 13.2. The molecule has 1 atom stereocenters. The number of likely N-dealkylation sites (N-methyl/N-ethyl adjacent to an activating group) is 1. The van der Waals surface area contributed by atoms with Crippen molar-refractivity contribution in [3.63, 3.8) is 0 Å². The van der Waals surface area contributed by atoms with Crippen LogP contribution in [0.25, 0.3) is 0 Å². The largest absolute Gasteiger partial charge is 0.497 e. The Bertz CT molecular complexity index is 947. The molecule has 2 aliphatic heterocycles. The van der Waals surface area contributed by atoms with E-state index in [9.17, 15) is 8.42 Å². The molecule has 0 saturated carbocycles. The zero-order chi connectivity index (χ0) is 19.0. The molecule has 2 aromatic carbocycles. The van der Waals surface area contributed by atoms with Crippen LogP contribution in [0.15, 0.2) is 47.4 Å². The SMILES string of the molecule is COc1cccc(C2CN(S(=O)(=O)c3ccc4c(c3)OCO4)CCN2C)c1. The average molecular weight is 390 g/mol. The molecule has 1 saturated heterocycles. The summed E-state index contributed by atoms with van der Waals surface area (Å²) in [6.45, 7) is 1.57. The number of fused-ring (bicyclic) bond motifs is 1. The molecule has 0 spiro atoms. The molecular formula is C19H22N2O5S. The fourth-order valence-corrected chi connectivity index (χ4v) is 4.92. The first kappa shape index (κ1) is 18.1. The van der Waals surface area contributed by atoms with Gasteiger partial charge in [0.2, 0.25) is 16.8 Å². The van der Waals surface area contributed by atoms with Gasteiger partial charge in [0.05, 0.1) is 12.0 Å². The lowest BCUT2D eigenvalue weighted by atomic mass is 10.0. The Labute approximate surface area is 159 Å². The summed E-state index contributed by atoms with van der Waals surface area (Å²) in [5, 5.41) is 0. The van der Waals surface area contributed by atoms with Crippen molar-refractivity contribution in [2.45, 2.75) is 10.9 Å². The third-order valence-electron chi connectivity index (χ3n) is 5.07. The molecule has 144 valence electrons. The Hall–Kier alpha value is -2.29. The molecule has 2 aromatic rings. The van der Waals surface area contributed by atoms with Gasteiger partial charge in [0.15, 0.2) is 11.5 Å². The molecule has 0 aromatic heterocycles. The van der Waals surface area contributed by atoms with Crippen LogP contribution in [0.2, 0.25) is 0 Å². The van der Waals surface area contributed by atoms with Crippen LogP contribution in [0.1, 0.15) is 11.6 Å². The maximum atomic E-state index is 13.2. The first-order chi connectivity index (χ1) is 13.0. The van der Waals surface area contributed by atoms with Crippen molar-refractivity contribution in [2.24, 2.45) is 0 Å². The smallest absolute Gasteiger partial charge is 0.243 e. The van der Waals surface area contributed by atoms with Gasteiger partial charge in [-0.15, -0.1) is 0 Å². The fourth-order valence-electron chi connectivity index (χ4n) is 3.46. The van der Waals surface area contributed by atoms with Gasteiger partial charge in [-0.1, -0.05) is 12.1 Å². The van der Waals surface area contributed by atoms with Crippen molar-refractivity contribution in [1.82, 2.24) is 9.21 Å². The molecule has 8 heteroatoms. The number of piperazine rings is 1. The van der Waals surface area contributed by atoms with Gasteiger partial charge in [0, 0.05) is 31.7 Å². The Morgan fingerprint density at radius 1 is 1.07 bits per heavy atom. The Kier molecular flexibility index (Phi) is 4.71. The normalized spacial score (nSPS) is 20.6. The Morgan fingerprint density at radius 2 is 1.89 bits per heavy atom. The number of benzene rings is 2. The topological polar surface area (TPSA) is 68.3 Å². The van der Waals surface area contributed by atoms with E-state index in [4.69, 9.17) is 14.2 Å². The molecule has 27 heavy (non-hydrogen) atoms. The number of sulfonamides is 1. The zero-order valence-electron chi connectivity index (χ0n) is 15.3. The van der Waals surface area contributed by atoms with Crippen LogP contribution in [-0.2, 0) is 10.0 Å². The summed E-state index contributed by atoms with van der Waals surface area (Å²) >= 11 is 0. The number of rotatable bonds is 4. The zero-order valence-corrected chi connectivity index (χ0v) is 16.1. The minimum Gasteiger partial charge on any atom is -0.497 e. The molecule has 0 N–H and O–H groups in total. The van der Waals surface area contributed by atoms with Crippen molar-refractivity contribution in [3.8, 4) is 17.2 Å². The Balaban J connectivity index is 1.61. The lowest BCUT2D eigenvalue weighted by molar-refractivity contribution is 0.148. The van der Waals surface area contributed by atoms with Crippen molar-refractivity contribution in [1.29, 1.82) is 0 Å². The van der Waals surface area contributed by atoms with Gasteiger partial charge in [-0.3, -0.25) is 4.90 Å². The van der Waals surface area contributed by atoms with E-state index in [2.05, 4.69) is 4.90 Å². The van der Waals surface area contributed by atoms with Crippen molar-refractivity contribution < 1.29 is 22.6 Å². The summed E-state index contributed by atoms with van der Waals surface area (Å²) in [7, 11) is 0.00993. The minimum atomic E-state index is -3.62. The van der Waals surface area contributed by atoms with Crippen molar-refractivity contribution >= 4 is 10.0 Å². The lowest BCUT2D eigenvalue weighted by Gasteiger charge is -2.39. The number of nitrogens with zero attached hydrogens (tertiary/aromatic N) is 2. The molecule has 0 amide bonds. The summed E-state index contributed by atoms with van der Waals surface area (Å²) in [4.78, 5) is 2.39. The molecular weight excluding hydrogens is 368 g/mol. The van der Waals surface area contributed by atoms with Gasteiger partial charge >= 0.3 is 0 Å². The van der Waals surface area contributed by atoms with Gasteiger partial charge in [-0.05, 0) is 36.9 Å². The molecule has 0 aliphatic carbocycles. The van der Waals surface area contributed by atoms with E-state index in [1.165, 1.54) is 10.4 Å². The van der Waals surface area contributed by atoms with Crippen molar-refractivity contribution in [3.05, 3.63) is 48.0 Å². The van der Waals surface area contributed by atoms with E-state index >= 15 is 0 Å². The van der Waals surface area contributed by atoms with E-state index < -0.39 is 10.0 Å². The first-order valence-corrected chi connectivity index (χ1v) is 10.2. The van der Waals surface area contributed by atoms with E-state index in [0.717, 1.165) is 11.3 Å². The number of ether oxygens (including phenoxy) is 3. The molecule has 0 bridgehead atoms. The molecule has 4 rings (SSSR count). The van der Waals surface area contributed by atoms with E-state index in [1.807, 2.05) is 31.3 Å². The fraction of sp³-hybridized carbons (Fsp3) is 0.368. The van der Waals surface area contributed by atoms with Gasteiger partial charge in [-0.25, -0.2) is 8.42 Å². The summed E-state index contributed by atoms with van der Waals surface area (Å²) in [5.41, 5.74) is 1.03. The minimum absolute atomic E-state index is 0.0439. The highest BCUT2D eigenvalue weighted by Crippen LogP contribution is 2.36. The molecule has 7 nitrogen and oxygen atoms in total. The number of hydrogen-bond donors (Lipinski definition) is 0. The Morgan fingerprint density at radius 3 is 2.70 bits per heavy atom. The quantitative estimate of drug-likeness (QED) is 0.797. The van der Waals surface area contributed by atoms with Crippen LogP contribution in [-0.4, -0.2) is 58.2 Å².